The van der Waals surface area contributed by atoms with Gasteiger partial charge in [0, 0.05) is 5.56 Å². The van der Waals surface area contributed by atoms with Crippen molar-refractivity contribution in [3.05, 3.63) is 69.5 Å². The molecule has 0 aliphatic carbocycles. The van der Waals surface area contributed by atoms with Gasteiger partial charge in [0.1, 0.15) is 5.01 Å². The number of para-hydroxylation sites is 1. The van der Waals surface area contributed by atoms with Crippen molar-refractivity contribution in [2.24, 2.45) is 0 Å². The van der Waals surface area contributed by atoms with Gasteiger partial charge in [-0.3, -0.25) is 0 Å². The fourth-order valence-corrected chi connectivity index (χ4v) is 3.60. The topological polar surface area (TPSA) is 87.7 Å². The number of fused-ring (bicyclic) bond motifs is 2. The second-order valence-electron chi connectivity index (χ2n) is 5.52. The van der Waals surface area contributed by atoms with Gasteiger partial charge in [0.05, 0.1) is 5.69 Å². The van der Waals surface area contributed by atoms with E-state index in [9.17, 15) is 9.59 Å². The predicted molar refractivity (Wildman–Crippen MR) is 94.3 cm³/mol. The molecule has 26 heavy (non-hydrogen) atoms. The molecule has 3 heterocycles. The third-order valence-corrected chi connectivity index (χ3v) is 4.91. The van der Waals surface area contributed by atoms with Crippen molar-refractivity contribution in [3.8, 4) is 27.8 Å². The first-order valence-corrected chi connectivity index (χ1v) is 8.51. The minimum Gasteiger partial charge on any atom is -0.454 e. The summed E-state index contributed by atoms with van der Waals surface area (Å²) >= 11 is 1.16. The van der Waals surface area contributed by atoms with Crippen LogP contribution in [0.2, 0.25) is 0 Å². The summed E-state index contributed by atoms with van der Waals surface area (Å²) in [7, 11) is 0. The summed E-state index contributed by atoms with van der Waals surface area (Å²) in [4.78, 5) is 29.3. The van der Waals surface area contributed by atoms with Crippen molar-refractivity contribution in [3.63, 3.8) is 0 Å². The molecule has 0 unspecified atom stereocenters. The monoisotopic (exact) mass is 366 g/mol. The number of hydrogen-bond acceptors (Lipinski definition) is 7. The van der Waals surface area contributed by atoms with Crippen LogP contribution in [0.1, 0.15) is 0 Å². The number of aromatic nitrogens is 4. The highest BCUT2D eigenvalue weighted by Crippen LogP contribution is 2.36. The van der Waals surface area contributed by atoms with Crippen molar-refractivity contribution < 1.29 is 9.47 Å². The Hall–Kier alpha value is -3.46. The number of hydrogen-bond donors (Lipinski definition) is 0. The van der Waals surface area contributed by atoms with Gasteiger partial charge < -0.3 is 9.47 Å². The Bertz CT molecular complexity index is 1260. The van der Waals surface area contributed by atoms with E-state index in [1.165, 1.54) is 0 Å². The second kappa shape index (κ2) is 5.53. The fraction of sp³-hybridized carbons (Fsp3) is 0.0588. The number of nitrogens with zero attached hydrogens (tertiary/aromatic N) is 4. The van der Waals surface area contributed by atoms with Crippen LogP contribution < -0.4 is 20.9 Å². The van der Waals surface area contributed by atoms with E-state index >= 15 is 0 Å². The number of benzene rings is 2. The molecule has 2 aromatic heterocycles. The molecular formula is C17H10N4O4S. The minimum absolute atomic E-state index is 0.177. The van der Waals surface area contributed by atoms with Crippen LogP contribution in [0.25, 0.3) is 21.2 Å². The van der Waals surface area contributed by atoms with E-state index in [0.29, 0.717) is 22.2 Å². The Labute approximate surface area is 149 Å². The smallest absolute Gasteiger partial charge is 0.360 e. The molecular weight excluding hydrogens is 356 g/mol. The molecule has 1 aliphatic heterocycles. The Balaban J connectivity index is 1.70. The molecule has 5 rings (SSSR count). The summed E-state index contributed by atoms with van der Waals surface area (Å²) in [5.74, 6) is 1.28. The number of ether oxygens (including phenoxy) is 2. The van der Waals surface area contributed by atoms with Crippen molar-refractivity contribution in [1.29, 1.82) is 0 Å². The zero-order valence-corrected chi connectivity index (χ0v) is 14.0. The molecule has 4 aromatic rings. The Morgan fingerprint density at radius 2 is 1.81 bits per heavy atom. The molecule has 1 aliphatic rings. The molecule has 0 fully saturated rings. The third kappa shape index (κ3) is 2.21. The van der Waals surface area contributed by atoms with Crippen molar-refractivity contribution in [2.45, 2.75) is 0 Å². The molecule has 0 atom stereocenters. The van der Waals surface area contributed by atoms with Crippen LogP contribution in [-0.2, 0) is 0 Å². The molecule has 0 amide bonds. The highest BCUT2D eigenvalue weighted by Gasteiger charge is 2.18. The van der Waals surface area contributed by atoms with Gasteiger partial charge in [-0.25, -0.2) is 14.2 Å². The molecule has 2 aromatic carbocycles. The third-order valence-electron chi connectivity index (χ3n) is 3.95. The molecule has 0 N–H and O–H groups in total. The van der Waals surface area contributed by atoms with Crippen LogP contribution in [-0.4, -0.2) is 26.0 Å². The van der Waals surface area contributed by atoms with Gasteiger partial charge in [-0.1, -0.05) is 29.5 Å². The predicted octanol–water partition coefficient (Wildman–Crippen LogP) is 1.70. The van der Waals surface area contributed by atoms with Gasteiger partial charge in [0.25, 0.3) is 0 Å². The highest BCUT2D eigenvalue weighted by molar-refractivity contribution is 7.19. The molecule has 0 bridgehead atoms. The quantitative estimate of drug-likeness (QED) is 0.537. The first-order chi connectivity index (χ1) is 12.7. The zero-order valence-electron chi connectivity index (χ0n) is 13.2. The van der Waals surface area contributed by atoms with Crippen LogP contribution in [0.4, 0.5) is 0 Å². The van der Waals surface area contributed by atoms with Gasteiger partial charge in [-0.15, -0.1) is 5.10 Å². The molecule has 0 saturated carbocycles. The van der Waals surface area contributed by atoms with Crippen molar-refractivity contribution >= 4 is 16.3 Å². The van der Waals surface area contributed by atoms with E-state index in [4.69, 9.17) is 9.47 Å². The van der Waals surface area contributed by atoms with E-state index in [1.807, 2.05) is 6.07 Å². The van der Waals surface area contributed by atoms with E-state index < -0.39 is 11.4 Å². The summed E-state index contributed by atoms with van der Waals surface area (Å²) in [6, 6.07) is 14.0. The maximum Gasteiger partial charge on any atom is 0.360 e. The van der Waals surface area contributed by atoms with Gasteiger partial charge in [0.2, 0.25) is 11.8 Å². The average Bonchev–Trinajstić information content (AvgIpc) is 3.28. The lowest BCUT2D eigenvalue weighted by Gasteiger charge is -2.02. The maximum atomic E-state index is 12.8. The van der Waals surface area contributed by atoms with Crippen LogP contribution >= 0.6 is 11.3 Å². The highest BCUT2D eigenvalue weighted by atomic mass is 32.1. The average molecular weight is 366 g/mol. The van der Waals surface area contributed by atoms with Gasteiger partial charge in [-0.05, 0) is 30.3 Å². The minimum atomic E-state index is -0.637. The largest absolute Gasteiger partial charge is 0.454 e. The van der Waals surface area contributed by atoms with Gasteiger partial charge >= 0.3 is 11.4 Å². The molecule has 0 radical (unpaired) electrons. The second-order valence-corrected chi connectivity index (χ2v) is 6.47. The normalized spacial score (nSPS) is 12.6. The maximum absolute atomic E-state index is 12.8. The lowest BCUT2D eigenvalue weighted by molar-refractivity contribution is 0.174. The van der Waals surface area contributed by atoms with Crippen LogP contribution in [0.15, 0.2) is 58.1 Å². The lowest BCUT2D eigenvalue weighted by atomic mass is 10.2. The van der Waals surface area contributed by atoms with Crippen LogP contribution in [0, 0.1) is 0 Å². The van der Waals surface area contributed by atoms with Crippen molar-refractivity contribution in [1.82, 2.24) is 19.2 Å². The summed E-state index contributed by atoms with van der Waals surface area (Å²) in [6.45, 7) is 0.177. The number of rotatable bonds is 2. The van der Waals surface area contributed by atoms with E-state index in [-0.39, 0.29) is 11.8 Å². The Morgan fingerprint density at radius 3 is 2.65 bits per heavy atom. The van der Waals surface area contributed by atoms with Crippen LogP contribution in [0.3, 0.4) is 0 Å². The molecule has 0 saturated heterocycles. The molecule has 9 heteroatoms. The van der Waals surface area contributed by atoms with E-state index in [1.54, 1.807) is 42.5 Å². The zero-order chi connectivity index (χ0) is 17.7. The summed E-state index contributed by atoms with van der Waals surface area (Å²) in [5, 5.41) is 4.89. The van der Waals surface area contributed by atoms with Crippen LogP contribution in [0.5, 0.6) is 11.5 Å². The fourth-order valence-electron chi connectivity index (χ4n) is 2.73. The van der Waals surface area contributed by atoms with Gasteiger partial charge in [-0.2, -0.15) is 9.50 Å². The first kappa shape index (κ1) is 14.8. The molecule has 128 valence electrons. The first-order valence-electron chi connectivity index (χ1n) is 7.69. The van der Waals surface area contributed by atoms with Gasteiger partial charge in [0.15, 0.2) is 11.5 Å². The Kier molecular flexibility index (Phi) is 3.16. The summed E-state index contributed by atoms with van der Waals surface area (Å²) in [6.07, 6.45) is 0. The molecule has 0 spiro atoms. The molecule has 8 nitrogen and oxygen atoms in total. The van der Waals surface area contributed by atoms with E-state index in [2.05, 4.69) is 10.1 Å². The standard InChI is InChI=1S/C17H10N4O4S/c22-15-18-16-21(17(23)20(15)11-4-2-1-3-5-11)19-14(26-16)10-6-7-12-13(8-10)25-9-24-12/h1-8H,9H2. The SMILES string of the molecule is O=c1nc2sc(-c3ccc4c(c3)OCO4)nn2c(=O)n1-c1ccccc1. The lowest BCUT2D eigenvalue weighted by Crippen LogP contribution is -2.37. The summed E-state index contributed by atoms with van der Waals surface area (Å²) < 4.78 is 12.8. The summed E-state index contributed by atoms with van der Waals surface area (Å²) in [5.41, 5.74) is 0.00131. The van der Waals surface area contributed by atoms with Crippen molar-refractivity contribution in [2.75, 3.05) is 6.79 Å². The Morgan fingerprint density at radius 1 is 1.00 bits per heavy atom. The van der Waals surface area contributed by atoms with E-state index in [0.717, 1.165) is 26.0 Å².